The first-order valence-electron chi connectivity index (χ1n) is 7.19. The molecule has 0 radical (unpaired) electrons. The molecule has 0 aliphatic carbocycles. The van der Waals surface area contributed by atoms with Crippen molar-refractivity contribution in [2.45, 2.75) is 13.3 Å². The fourth-order valence-corrected chi connectivity index (χ4v) is 2.05. The van der Waals surface area contributed by atoms with Gasteiger partial charge in [-0.1, -0.05) is 18.1 Å². The number of nitrogen functional groups attached to an aromatic ring is 1. The van der Waals surface area contributed by atoms with Crippen molar-refractivity contribution in [3.05, 3.63) is 48.5 Å². The molecule has 2 N–H and O–H groups in total. The molecule has 0 amide bonds. The first-order valence-corrected chi connectivity index (χ1v) is 7.19. The van der Waals surface area contributed by atoms with Crippen molar-refractivity contribution in [1.82, 2.24) is 10.1 Å². The van der Waals surface area contributed by atoms with Gasteiger partial charge in [-0.3, -0.25) is 0 Å². The Bertz CT molecular complexity index is 751. The monoisotopic (exact) mass is 295 g/mol. The van der Waals surface area contributed by atoms with Crippen LogP contribution in [-0.4, -0.2) is 16.7 Å². The lowest BCUT2D eigenvalue weighted by Crippen LogP contribution is -1.94. The van der Waals surface area contributed by atoms with Gasteiger partial charge >= 0.3 is 0 Å². The van der Waals surface area contributed by atoms with Gasteiger partial charge in [0.2, 0.25) is 5.82 Å². The minimum Gasteiger partial charge on any atom is -0.494 e. The summed E-state index contributed by atoms with van der Waals surface area (Å²) < 4.78 is 10.9. The predicted octanol–water partition coefficient (Wildman–Crippen LogP) is 3.77. The van der Waals surface area contributed by atoms with Crippen molar-refractivity contribution in [3.63, 3.8) is 0 Å². The number of nitrogens with zero attached hydrogens (tertiary/aromatic N) is 2. The maximum atomic E-state index is 5.77. The average molecular weight is 295 g/mol. The van der Waals surface area contributed by atoms with E-state index in [-0.39, 0.29) is 0 Å². The predicted molar refractivity (Wildman–Crippen MR) is 85.4 cm³/mol. The van der Waals surface area contributed by atoms with Gasteiger partial charge in [0.1, 0.15) is 5.75 Å². The van der Waals surface area contributed by atoms with Crippen LogP contribution in [0, 0.1) is 0 Å². The number of rotatable bonds is 5. The minimum absolute atomic E-state index is 0.452. The van der Waals surface area contributed by atoms with Crippen LogP contribution in [0.25, 0.3) is 22.8 Å². The lowest BCUT2D eigenvalue weighted by molar-refractivity contribution is 0.317. The highest BCUT2D eigenvalue weighted by Gasteiger charge is 2.10. The fraction of sp³-hybridized carbons (Fsp3) is 0.176. The highest BCUT2D eigenvalue weighted by atomic mass is 16.5. The highest BCUT2D eigenvalue weighted by molar-refractivity contribution is 5.63. The number of ether oxygens (including phenoxy) is 1. The average Bonchev–Trinajstić information content (AvgIpc) is 3.03. The van der Waals surface area contributed by atoms with Crippen molar-refractivity contribution in [3.8, 4) is 28.6 Å². The van der Waals surface area contributed by atoms with Gasteiger partial charge in [0, 0.05) is 16.8 Å². The van der Waals surface area contributed by atoms with Crippen LogP contribution < -0.4 is 10.5 Å². The third kappa shape index (κ3) is 3.09. The molecule has 0 fully saturated rings. The third-order valence-corrected chi connectivity index (χ3v) is 3.14. The summed E-state index contributed by atoms with van der Waals surface area (Å²) in [6.45, 7) is 2.78. The first-order chi connectivity index (χ1) is 10.8. The topological polar surface area (TPSA) is 74.2 Å². The summed E-state index contributed by atoms with van der Waals surface area (Å²) in [7, 11) is 0. The smallest absolute Gasteiger partial charge is 0.258 e. The molecule has 3 rings (SSSR count). The van der Waals surface area contributed by atoms with Crippen LogP contribution in [0.2, 0.25) is 0 Å². The van der Waals surface area contributed by atoms with Crippen molar-refractivity contribution in [1.29, 1.82) is 0 Å². The molecule has 0 saturated heterocycles. The molecule has 0 saturated carbocycles. The van der Waals surface area contributed by atoms with E-state index in [1.54, 1.807) is 6.07 Å². The van der Waals surface area contributed by atoms with Gasteiger partial charge in [-0.05, 0) is 48.9 Å². The largest absolute Gasteiger partial charge is 0.494 e. The van der Waals surface area contributed by atoms with Gasteiger partial charge < -0.3 is 15.0 Å². The third-order valence-electron chi connectivity index (χ3n) is 3.14. The maximum absolute atomic E-state index is 5.77. The molecule has 0 aliphatic heterocycles. The van der Waals surface area contributed by atoms with Crippen LogP contribution in [0.3, 0.4) is 0 Å². The van der Waals surface area contributed by atoms with Crippen LogP contribution in [0.15, 0.2) is 53.1 Å². The number of hydrogen-bond donors (Lipinski definition) is 1. The molecule has 1 heterocycles. The summed E-state index contributed by atoms with van der Waals surface area (Å²) in [5, 5.41) is 4.02. The Morgan fingerprint density at radius 1 is 1.09 bits per heavy atom. The van der Waals surface area contributed by atoms with E-state index in [0.717, 1.165) is 23.3 Å². The summed E-state index contributed by atoms with van der Waals surface area (Å²) in [5.74, 6) is 1.83. The van der Waals surface area contributed by atoms with Crippen LogP contribution in [0.1, 0.15) is 13.3 Å². The maximum Gasteiger partial charge on any atom is 0.258 e. The molecule has 2 aromatic carbocycles. The van der Waals surface area contributed by atoms with E-state index < -0.39 is 0 Å². The molecular formula is C17H17N3O2. The van der Waals surface area contributed by atoms with E-state index in [0.29, 0.717) is 24.0 Å². The Morgan fingerprint density at radius 2 is 1.91 bits per heavy atom. The molecule has 5 nitrogen and oxygen atoms in total. The van der Waals surface area contributed by atoms with Crippen molar-refractivity contribution < 1.29 is 9.26 Å². The van der Waals surface area contributed by atoms with E-state index >= 15 is 0 Å². The summed E-state index contributed by atoms with van der Waals surface area (Å²) in [6, 6.07) is 15.0. The SMILES string of the molecule is CCCOc1ccc(-c2noc(-c3cccc(N)c3)n2)cc1. The quantitative estimate of drug-likeness (QED) is 0.725. The Balaban J connectivity index is 1.81. The second-order valence-corrected chi connectivity index (χ2v) is 4.92. The summed E-state index contributed by atoms with van der Waals surface area (Å²) >= 11 is 0. The van der Waals surface area contributed by atoms with Gasteiger partial charge in [0.25, 0.3) is 5.89 Å². The zero-order chi connectivity index (χ0) is 15.4. The Hall–Kier alpha value is -2.82. The van der Waals surface area contributed by atoms with E-state index in [1.807, 2.05) is 42.5 Å². The Labute approximate surface area is 128 Å². The number of hydrogen-bond acceptors (Lipinski definition) is 5. The molecule has 22 heavy (non-hydrogen) atoms. The lowest BCUT2D eigenvalue weighted by atomic mass is 10.2. The zero-order valence-electron chi connectivity index (χ0n) is 12.3. The highest BCUT2D eigenvalue weighted by Crippen LogP contribution is 2.24. The van der Waals surface area contributed by atoms with E-state index in [9.17, 15) is 0 Å². The molecule has 0 atom stereocenters. The van der Waals surface area contributed by atoms with Gasteiger partial charge in [-0.2, -0.15) is 4.98 Å². The molecular weight excluding hydrogens is 278 g/mol. The second kappa shape index (κ2) is 6.30. The summed E-state index contributed by atoms with van der Waals surface area (Å²) in [5.41, 5.74) is 8.11. The second-order valence-electron chi connectivity index (χ2n) is 4.92. The van der Waals surface area contributed by atoms with Crippen LogP contribution in [0.4, 0.5) is 5.69 Å². The number of aromatic nitrogens is 2. The molecule has 5 heteroatoms. The van der Waals surface area contributed by atoms with Gasteiger partial charge in [-0.25, -0.2) is 0 Å². The molecule has 1 aromatic heterocycles. The van der Waals surface area contributed by atoms with Crippen LogP contribution >= 0.6 is 0 Å². The summed E-state index contributed by atoms with van der Waals surface area (Å²) in [4.78, 5) is 4.41. The van der Waals surface area contributed by atoms with Crippen molar-refractivity contribution >= 4 is 5.69 Å². The van der Waals surface area contributed by atoms with Gasteiger partial charge in [0.15, 0.2) is 0 Å². The lowest BCUT2D eigenvalue weighted by Gasteiger charge is -2.03. The molecule has 112 valence electrons. The molecule has 0 bridgehead atoms. The van der Waals surface area contributed by atoms with E-state index in [1.165, 1.54) is 0 Å². The van der Waals surface area contributed by atoms with Crippen LogP contribution in [0.5, 0.6) is 5.75 Å². The van der Waals surface area contributed by atoms with E-state index in [2.05, 4.69) is 17.1 Å². The van der Waals surface area contributed by atoms with Gasteiger partial charge in [-0.15, -0.1) is 0 Å². The molecule has 3 aromatic rings. The summed E-state index contributed by atoms with van der Waals surface area (Å²) in [6.07, 6.45) is 0.982. The van der Waals surface area contributed by atoms with Crippen LogP contribution in [-0.2, 0) is 0 Å². The van der Waals surface area contributed by atoms with Gasteiger partial charge in [0.05, 0.1) is 6.61 Å². The molecule has 0 aliphatic rings. The molecule has 0 unspecified atom stereocenters. The number of anilines is 1. The normalized spacial score (nSPS) is 10.6. The standard InChI is InChI=1S/C17H17N3O2/c1-2-10-21-15-8-6-12(7-9-15)16-19-17(22-20-16)13-4-3-5-14(18)11-13/h3-9,11H,2,10,18H2,1H3. The first kappa shape index (κ1) is 14.1. The number of benzene rings is 2. The number of nitrogens with two attached hydrogens (primary N) is 1. The van der Waals surface area contributed by atoms with E-state index in [4.69, 9.17) is 15.0 Å². The zero-order valence-corrected chi connectivity index (χ0v) is 12.3. The minimum atomic E-state index is 0.452. The van der Waals surface area contributed by atoms with Crippen molar-refractivity contribution in [2.75, 3.05) is 12.3 Å². The fourth-order valence-electron chi connectivity index (χ4n) is 2.05. The Morgan fingerprint density at radius 3 is 2.64 bits per heavy atom. The van der Waals surface area contributed by atoms with Crippen molar-refractivity contribution in [2.24, 2.45) is 0 Å². The molecule has 0 spiro atoms. The Kier molecular flexibility index (Phi) is 4.05.